The molecule has 0 aliphatic carbocycles. The quantitative estimate of drug-likeness (QED) is 0.887. The Morgan fingerprint density at radius 3 is 2.52 bits per heavy atom. The molecule has 21 heavy (non-hydrogen) atoms. The maximum atomic E-state index is 12.1. The van der Waals surface area contributed by atoms with Gasteiger partial charge in [0.2, 0.25) is 0 Å². The van der Waals surface area contributed by atoms with E-state index < -0.39 is 5.97 Å². The number of carbonyl (C=O) groups excluding carboxylic acids is 1. The molecule has 6 heteroatoms. The minimum atomic E-state index is -1.05. The number of anilines is 1. The number of carboxylic acid groups (broad SMARTS) is 1. The summed E-state index contributed by atoms with van der Waals surface area (Å²) in [6.45, 7) is 4.23. The molecule has 2 aromatic rings. The van der Waals surface area contributed by atoms with Gasteiger partial charge in [0.15, 0.2) is 0 Å². The Hall–Kier alpha value is -2.34. The van der Waals surface area contributed by atoms with Crippen LogP contribution in [0, 0.1) is 6.92 Å². The van der Waals surface area contributed by atoms with E-state index in [4.69, 9.17) is 9.84 Å². The Kier molecular flexibility index (Phi) is 4.59. The Morgan fingerprint density at radius 2 is 1.95 bits per heavy atom. The lowest BCUT2D eigenvalue weighted by Gasteiger charge is -2.06. The van der Waals surface area contributed by atoms with Gasteiger partial charge in [0.1, 0.15) is 10.8 Å². The number of aromatic carboxylic acids is 1. The predicted octanol–water partition coefficient (Wildman–Crippen LogP) is 3.41. The molecule has 1 heterocycles. The van der Waals surface area contributed by atoms with Crippen LogP contribution in [0.4, 0.5) is 5.00 Å². The summed E-state index contributed by atoms with van der Waals surface area (Å²) in [6, 6.07) is 8.23. The van der Waals surface area contributed by atoms with Crippen molar-refractivity contribution in [1.82, 2.24) is 0 Å². The lowest BCUT2D eigenvalue weighted by molar-refractivity contribution is 0.0698. The number of ether oxygens (including phenoxy) is 1. The summed E-state index contributed by atoms with van der Waals surface area (Å²) in [5.41, 5.74) is 0.553. The SMILES string of the molecule is CCOc1ccc(C(=O)Nc2sc(C)cc2C(=O)O)cc1. The molecule has 110 valence electrons. The molecule has 0 fully saturated rings. The molecule has 0 atom stereocenters. The van der Waals surface area contributed by atoms with Gasteiger partial charge in [0, 0.05) is 10.4 Å². The average Bonchev–Trinajstić information content (AvgIpc) is 2.81. The Bertz CT molecular complexity index is 661. The molecular weight excluding hydrogens is 290 g/mol. The van der Waals surface area contributed by atoms with E-state index in [1.54, 1.807) is 37.3 Å². The van der Waals surface area contributed by atoms with Gasteiger partial charge in [0.25, 0.3) is 5.91 Å². The monoisotopic (exact) mass is 305 g/mol. The molecule has 1 aromatic carbocycles. The fourth-order valence-corrected chi connectivity index (χ4v) is 2.71. The van der Waals surface area contributed by atoms with Crippen LogP contribution in [-0.2, 0) is 0 Å². The summed E-state index contributed by atoms with van der Waals surface area (Å²) in [6.07, 6.45) is 0. The van der Waals surface area contributed by atoms with Crippen molar-refractivity contribution in [2.45, 2.75) is 13.8 Å². The third-order valence-corrected chi connectivity index (χ3v) is 3.71. The average molecular weight is 305 g/mol. The van der Waals surface area contributed by atoms with Gasteiger partial charge in [0.05, 0.1) is 12.2 Å². The van der Waals surface area contributed by atoms with Crippen molar-refractivity contribution in [1.29, 1.82) is 0 Å². The van der Waals surface area contributed by atoms with Crippen LogP contribution in [0.1, 0.15) is 32.5 Å². The molecule has 0 bridgehead atoms. The first-order chi connectivity index (χ1) is 10.0. The van der Waals surface area contributed by atoms with Crippen LogP contribution in [0.15, 0.2) is 30.3 Å². The molecule has 0 spiro atoms. The zero-order valence-electron chi connectivity index (χ0n) is 11.7. The number of nitrogens with one attached hydrogen (secondary N) is 1. The molecule has 0 saturated heterocycles. The first-order valence-corrected chi connectivity index (χ1v) is 7.21. The van der Waals surface area contributed by atoms with Crippen molar-refractivity contribution in [3.63, 3.8) is 0 Å². The number of rotatable bonds is 5. The minimum absolute atomic E-state index is 0.108. The molecule has 0 radical (unpaired) electrons. The number of aryl methyl sites for hydroxylation is 1. The number of amides is 1. The summed E-state index contributed by atoms with van der Waals surface area (Å²) >= 11 is 1.24. The highest BCUT2D eigenvalue weighted by molar-refractivity contribution is 7.16. The second-order valence-corrected chi connectivity index (χ2v) is 5.57. The van der Waals surface area contributed by atoms with Crippen molar-refractivity contribution in [3.05, 3.63) is 46.3 Å². The topological polar surface area (TPSA) is 75.6 Å². The Morgan fingerprint density at radius 1 is 1.29 bits per heavy atom. The van der Waals surface area contributed by atoms with Gasteiger partial charge in [-0.15, -0.1) is 11.3 Å². The molecule has 1 amide bonds. The highest BCUT2D eigenvalue weighted by atomic mass is 32.1. The van der Waals surface area contributed by atoms with Gasteiger partial charge in [-0.2, -0.15) is 0 Å². The summed E-state index contributed by atoms with van der Waals surface area (Å²) in [7, 11) is 0. The molecular formula is C15H15NO4S. The van der Waals surface area contributed by atoms with E-state index in [1.165, 1.54) is 11.3 Å². The number of thiophene rings is 1. The van der Waals surface area contributed by atoms with Gasteiger partial charge in [-0.1, -0.05) is 0 Å². The van der Waals surface area contributed by atoms with Crippen molar-refractivity contribution >= 4 is 28.2 Å². The molecule has 0 saturated carbocycles. The first kappa shape index (κ1) is 15.1. The van der Waals surface area contributed by atoms with E-state index in [2.05, 4.69) is 5.32 Å². The van der Waals surface area contributed by atoms with Crippen LogP contribution >= 0.6 is 11.3 Å². The minimum Gasteiger partial charge on any atom is -0.494 e. The first-order valence-electron chi connectivity index (χ1n) is 6.39. The summed E-state index contributed by atoms with van der Waals surface area (Å²) < 4.78 is 5.31. The lowest BCUT2D eigenvalue weighted by Crippen LogP contribution is -2.13. The second kappa shape index (κ2) is 6.41. The zero-order chi connectivity index (χ0) is 15.4. The van der Waals surface area contributed by atoms with Crippen LogP contribution in [0.3, 0.4) is 0 Å². The van der Waals surface area contributed by atoms with E-state index in [0.717, 1.165) is 4.88 Å². The maximum absolute atomic E-state index is 12.1. The van der Waals surface area contributed by atoms with Crippen molar-refractivity contribution < 1.29 is 19.4 Å². The third kappa shape index (κ3) is 3.61. The summed E-state index contributed by atoms with van der Waals surface area (Å²) in [5.74, 6) is -0.712. The van der Waals surface area contributed by atoms with Crippen LogP contribution in [0.5, 0.6) is 5.75 Å². The van der Waals surface area contributed by atoms with Crippen molar-refractivity contribution in [3.8, 4) is 5.75 Å². The van der Waals surface area contributed by atoms with E-state index in [9.17, 15) is 9.59 Å². The van der Waals surface area contributed by atoms with Gasteiger partial charge >= 0.3 is 5.97 Å². The molecule has 2 N–H and O–H groups in total. The summed E-state index contributed by atoms with van der Waals surface area (Å²) in [4.78, 5) is 24.1. The van der Waals surface area contributed by atoms with Crippen LogP contribution in [-0.4, -0.2) is 23.6 Å². The number of carboxylic acids is 1. The smallest absolute Gasteiger partial charge is 0.338 e. The van der Waals surface area contributed by atoms with E-state index in [1.807, 2.05) is 6.92 Å². The molecule has 1 aromatic heterocycles. The summed E-state index contributed by atoms with van der Waals surface area (Å²) in [5, 5.41) is 12.1. The Balaban J connectivity index is 2.16. The van der Waals surface area contributed by atoms with Crippen LogP contribution in [0.25, 0.3) is 0 Å². The predicted molar refractivity (Wildman–Crippen MR) is 81.6 cm³/mol. The highest BCUT2D eigenvalue weighted by Gasteiger charge is 2.16. The lowest BCUT2D eigenvalue weighted by atomic mass is 10.2. The number of carbonyl (C=O) groups is 2. The van der Waals surface area contributed by atoms with Gasteiger partial charge in [-0.05, 0) is 44.2 Å². The maximum Gasteiger partial charge on any atom is 0.338 e. The fraction of sp³-hybridized carbons (Fsp3) is 0.200. The van der Waals surface area contributed by atoms with Gasteiger partial charge < -0.3 is 15.2 Å². The standard InChI is InChI=1S/C15H15NO4S/c1-3-20-11-6-4-10(5-7-11)13(17)16-14-12(15(18)19)8-9(2)21-14/h4-8H,3H2,1-2H3,(H,16,17)(H,18,19). The van der Waals surface area contributed by atoms with Crippen LogP contribution < -0.4 is 10.1 Å². The number of hydrogen-bond acceptors (Lipinski definition) is 4. The molecule has 0 aliphatic heterocycles. The van der Waals surface area contributed by atoms with E-state index in [0.29, 0.717) is 22.9 Å². The number of hydrogen-bond donors (Lipinski definition) is 2. The van der Waals surface area contributed by atoms with Gasteiger partial charge in [-0.25, -0.2) is 4.79 Å². The molecule has 0 aliphatic rings. The zero-order valence-corrected chi connectivity index (χ0v) is 12.5. The largest absolute Gasteiger partial charge is 0.494 e. The fourth-order valence-electron chi connectivity index (χ4n) is 1.81. The molecule has 0 unspecified atom stereocenters. The van der Waals surface area contributed by atoms with Crippen molar-refractivity contribution in [2.24, 2.45) is 0 Å². The van der Waals surface area contributed by atoms with E-state index in [-0.39, 0.29) is 11.5 Å². The Labute approximate surface area is 126 Å². The normalized spacial score (nSPS) is 10.2. The molecule has 5 nitrogen and oxygen atoms in total. The molecule has 2 rings (SSSR count). The van der Waals surface area contributed by atoms with Gasteiger partial charge in [-0.3, -0.25) is 4.79 Å². The second-order valence-electron chi connectivity index (χ2n) is 4.32. The highest BCUT2D eigenvalue weighted by Crippen LogP contribution is 2.28. The van der Waals surface area contributed by atoms with Crippen LogP contribution in [0.2, 0.25) is 0 Å². The van der Waals surface area contributed by atoms with E-state index >= 15 is 0 Å². The number of benzene rings is 1. The third-order valence-electron chi connectivity index (χ3n) is 2.74. The van der Waals surface area contributed by atoms with Crippen molar-refractivity contribution in [2.75, 3.05) is 11.9 Å².